The van der Waals surface area contributed by atoms with E-state index >= 15 is 0 Å². The van der Waals surface area contributed by atoms with E-state index < -0.39 is 0 Å². The lowest BCUT2D eigenvalue weighted by Crippen LogP contribution is -2.30. The third-order valence-corrected chi connectivity index (χ3v) is 5.04. The van der Waals surface area contributed by atoms with Gasteiger partial charge in [0.1, 0.15) is 5.58 Å². The molecule has 1 amide bonds. The van der Waals surface area contributed by atoms with E-state index in [9.17, 15) is 9.59 Å². The van der Waals surface area contributed by atoms with E-state index in [1.807, 2.05) is 31.2 Å². The zero-order chi connectivity index (χ0) is 18.3. The number of carbonyl (C=O) groups excluding carboxylic acids is 1. The van der Waals surface area contributed by atoms with Gasteiger partial charge in [0, 0.05) is 6.54 Å². The van der Waals surface area contributed by atoms with E-state index in [0.29, 0.717) is 23.1 Å². The van der Waals surface area contributed by atoms with Crippen LogP contribution in [0, 0.1) is 0 Å². The fourth-order valence-corrected chi connectivity index (χ4v) is 3.72. The van der Waals surface area contributed by atoms with Gasteiger partial charge in [-0.05, 0) is 36.1 Å². The number of rotatable bonds is 4. The lowest BCUT2D eigenvalue weighted by molar-refractivity contribution is 0.0728. The molecule has 1 aliphatic rings. The van der Waals surface area contributed by atoms with Gasteiger partial charge in [-0.15, -0.1) is 0 Å². The molecular weight excluding hydrogens is 326 g/mol. The Morgan fingerprint density at radius 3 is 2.42 bits per heavy atom. The Hall–Kier alpha value is -2.88. The molecule has 3 aromatic rings. The molecule has 0 unspecified atom stereocenters. The van der Waals surface area contributed by atoms with Crippen molar-refractivity contribution >= 4 is 16.9 Å². The fraction of sp³-hybridized carbons (Fsp3) is 0.273. The molecule has 0 radical (unpaired) electrons. The van der Waals surface area contributed by atoms with Crippen LogP contribution in [0.3, 0.4) is 0 Å². The van der Waals surface area contributed by atoms with Crippen LogP contribution in [0.15, 0.2) is 57.7 Å². The van der Waals surface area contributed by atoms with Crippen LogP contribution >= 0.6 is 0 Å². The van der Waals surface area contributed by atoms with Gasteiger partial charge in [-0.25, -0.2) is 0 Å². The van der Waals surface area contributed by atoms with Crippen LogP contribution in [-0.2, 0) is 6.42 Å². The first kappa shape index (κ1) is 16.6. The second-order valence-electron chi connectivity index (χ2n) is 6.67. The van der Waals surface area contributed by atoms with E-state index in [-0.39, 0.29) is 23.1 Å². The number of aryl methyl sites for hydroxylation is 1. The summed E-state index contributed by atoms with van der Waals surface area (Å²) in [6.45, 7) is 4.71. The maximum atomic E-state index is 13.2. The van der Waals surface area contributed by atoms with Crippen molar-refractivity contribution in [2.45, 2.75) is 32.7 Å². The number of carbonyl (C=O) groups is 1. The number of fused-ring (bicyclic) bond motifs is 2. The highest BCUT2D eigenvalue weighted by Gasteiger charge is 2.42. The first-order valence-corrected chi connectivity index (χ1v) is 9.11. The Morgan fingerprint density at radius 2 is 1.73 bits per heavy atom. The molecule has 4 nitrogen and oxygen atoms in total. The van der Waals surface area contributed by atoms with Gasteiger partial charge in [-0.3, -0.25) is 9.59 Å². The predicted octanol–water partition coefficient (Wildman–Crippen LogP) is 4.31. The van der Waals surface area contributed by atoms with Crippen molar-refractivity contribution in [3.8, 4) is 0 Å². The van der Waals surface area contributed by atoms with Crippen LogP contribution in [-0.4, -0.2) is 17.4 Å². The summed E-state index contributed by atoms with van der Waals surface area (Å²) in [6, 6.07) is 14.9. The van der Waals surface area contributed by atoms with Crippen LogP contribution in [0.5, 0.6) is 0 Å². The molecule has 2 heterocycles. The molecule has 1 atom stereocenters. The normalized spacial score (nSPS) is 16.3. The quantitative estimate of drug-likeness (QED) is 0.706. The molecular formula is C22H21NO3. The molecule has 0 bridgehead atoms. The second-order valence-corrected chi connectivity index (χ2v) is 6.67. The minimum atomic E-state index is -0.385. The first-order chi connectivity index (χ1) is 12.7. The number of hydrogen-bond acceptors (Lipinski definition) is 3. The molecule has 0 aliphatic carbocycles. The number of nitrogens with zero attached hydrogens (tertiary/aromatic N) is 1. The Labute approximate surface area is 152 Å². The Bertz CT molecular complexity index is 1030. The van der Waals surface area contributed by atoms with Gasteiger partial charge in [-0.2, -0.15) is 0 Å². The average molecular weight is 347 g/mol. The maximum Gasteiger partial charge on any atom is 0.290 e. The summed E-state index contributed by atoms with van der Waals surface area (Å²) in [7, 11) is 0. The molecule has 0 saturated heterocycles. The Kier molecular flexibility index (Phi) is 4.11. The largest absolute Gasteiger partial charge is 0.450 e. The van der Waals surface area contributed by atoms with Crippen LogP contribution in [0.4, 0.5) is 0 Å². The van der Waals surface area contributed by atoms with Crippen LogP contribution < -0.4 is 5.43 Å². The fourth-order valence-electron chi connectivity index (χ4n) is 3.72. The van der Waals surface area contributed by atoms with Gasteiger partial charge in [0.15, 0.2) is 5.43 Å². The van der Waals surface area contributed by atoms with E-state index in [0.717, 1.165) is 18.4 Å². The summed E-state index contributed by atoms with van der Waals surface area (Å²) in [4.78, 5) is 27.9. The van der Waals surface area contributed by atoms with E-state index in [2.05, 4.69) is 19.1 Å². The van der Waals surface area contributed by atoms with Gasteiger partial charge in [0.25, 0.3) is 5.91 Å². The second kappa shape index (κ2) is 6.45. The van der Waals surface area contributed by atoms with E-state index in [4.69, 9.17) is 4.42 Å². The molecule has 0 saturated carbocycles. The van der Waals surface area contributed by atoms with Crippen molar-refractivity contribution in [1.82, 2.24) is 4.90 Å². The molecule has 26 heavy (non-hydrogen) atoms. The summed E-state index contributed by atoms with van der Waals surface area (Å²) in [5.74, 6) is -0.0130. The zero-order valence-corrected chi connectivity index (χ0v) is 15.0. The Balaban J connectivity index is 1.96. The van der Waals surface area contributed by atoms with E-state index in [1.165, 1.54) is 5.56 Å². The number of hydrogen-bond donors (Lipinski definition) is 0. The third-order valence-electron chi connectivity index (χ3n) is 5.04. The molecule has 4 heteroatoms. The minimum Gasteiger partial charge on any atom is -0.450 e. The summed E-state index contributed by atoms with van der Waals surface area (Å²) in [5.41, 5.74) is 2.99. The topological polar surface area (TPSA) is 50.5 Å². The summed E-state index contributed by atoms with van der Waals surface area (Å²) in [6.07, 6.45) is 1.77. The zero-order valence-electron chi connectivity index (χ0n) is 15.0. The molecule has 4 rings (SSSR count). The minimum absolute atomic E-state index is 0.113. The monoisotopic (exact) mass is 347 g/mol. The Morgan fingerprint density at radius 1 is 1.00 bits per heavy atom. The standard InChI is InChI=1S/C22H21NO3/c1-3-13-23-19(15-11-9-14(4-2)10-12-15)18-20(24)16-7-5-6-8-17(16)26-21(18)22(23)25/h5-12,19H,3-4,13H2,1-2H3/t19-/m0/s1. The third kappa shape index (κ3) is 2.45. The molecule has 132 valence electrons. The molecule has 1 aromatic heterocycles. The first-order valence-electron chi connectivity index (χ1n) is 9.11. The van der Waals surface area contributed by atoms with Crippen molar-refractivity contribution < 1.29 is 9.21 Å². The van der Waals surface area contributed by atoms with Crippen LogP contribution in [0.2, 0.25) is 0 Å². The summed E-state index contributed by atoms with van der Waals surface area (Å²) < 4.78 is 5.88. The summed E-state index contributed by atoms with van der Waals surface area (Å²) in [5, 5.41) is 0.521. The lowest BCUT2D eigenvalue weighted by Gasteiger charge is -2.24. The van der Waals surface area contributed by atoms with Gasteiger partial charge >= 0.3 is 0 Å². The van der Waals surface area contributed by atoms with E-state index in [1.54, 1.807) is 17.0 Å². The number of para-hydroxylation sites is 1. The highest BCUT2D eigenvalue weighted by atomic mass is 16.3. The van der Waals surface area contributed by atoms with Crippen LogP contribution in [0.1, 0.15) is 53.6 Å². The van der Waals surface area contributed by atoms with Crippen LogP contribution in [0.25, 0.3) is 11.0 Å². The van der Waals surface area contributed by atoms with Crippen molar-refractivity contribution in [1.29, 1.82) is 0 Å². The molecule has 0 fully saturated rings. The van der Waals surface area contributed by atoms with Gasteiger partial charge in [-0.1, -0.05) is 50.2 Å². The molecule has 1 aliphatic heterocycles. The van der Waals surface area contributed by atoms with Crippen molar-refractivity contribution in [3.63, 3.8) is 0 Å². The molecule has 2 aromatic carbocycles. The summed E-state index contributed by atoms with van der Waals surface area (Å²) >= 11 is 0. The molecule has 0 N–H and O–H groups in total. The average Bonchev–Trinajstić information content (AvgIpc) is 2.95. The SMILES string of the molecule is CCCN1C(=O)c2oc3ccccc3c(=O)c2[C@@H]1c1ccc(CC)cc1. The smallest absolute Gasteiger partial charge is 0.290 e. The van der Waals surface area contributed by atoms with Gasteiger partial charge < -0.3 is 9.32 Å². The maximum absolute atomic E-state index is 13.2. The lowest BCUT2D eigenvalue weighted by atomic mass is 9.97. The van der Waals surface area contributed by atoms with Crippen molar-refractivity contribution in [3.05, 3.63) is 81.2 Å². The molecule has 0 spiro atoms. The van der Waals surface area contributed by atoms with Gasteiger partial charge in [0.2, 0.25) is 5.76 Å². The van der Waals surface area contributed by atoms with Gasteiger partial charge in [0.05, 0.1) is 17.0 Å². The predicted molar refractivity (Wildman–Crippen MR) is 101 cm³/mol. The van der Waals surface area contributed by atoms with Crippen molar-refractivity contribution in [2.75, 3.05) is 6.54 Å². The highest BCUT2D eigenvalue weighted by Crippen LogP contribution is 2.38. The van der Waals surface area contributed by atoms with Crippen molar-refractivity contribution in [2.24, 2.45) is 0 Å². The highest BCUT2D eigenvalue weighted by molar-refractivity contribution is 5.99. The number of benzene rings is 2. The number of amides is 1.